The summed E-state index contributed by atoms with van der Waals surface area (Å²) in [6.07, 6.45) is 0. The zero-order chi connectivity index (χ0) is 14.4. The molecule has 0 radical (unpaired) electrons. The second-order valence-corrected chi connectivity index (χ2v) is 6.21. The van der Waals surface area contributed by atoms with Crippen molar-refractivity contribution in [1.82, 2.24) is 9.80 Å². The predicted molar refractivity (Wildman–Crippen MR) is 84.5 cm³/mol. The quantitative estimate of drug-likeness (QED) is 0.781. The van der Waals surface area contributed by atoms with Gasteiger partial charge in [-0.2, -0.15) is 0 Å². The number of nitrogens with two attached hydrogens (primary N) is 1. The molecule has 108 valence electrons. The predicted octanol–water partition coefficient (Wildman–Crippen LogP) is 2.94. The Labute approximate surface area is 122 Å². The Balaban J connectivity index is 2.72. The van der Waals surface area contributed by atoms with Gasteiger partial charge in [-0.3, -0.25) is 4.90 Å². The molecule has 0 saturated carbocycles. The summed E-state index contributed by atoms with van der Waals surface area (Å²) in [6, 6.07) is 5.70. The summed E-state index contributed by atoms with van der Waals surface area (Å²) in [7, 11) is 4.20. The fraction of sp³-hybridized carbons (Fsp3) is 0.600. The number of likely N-dealkylation sites (N-methyl/N-ethyl adjacent to an activating group) is 1. The standard InChI is InChI=1S/C15H26ClN3/c1-12(2)10-19(8-7-18(3)4)11-13-9-14(16)5-6-15(13)17/h5-6,9,12H,7-8,10-11,17H2,1-4H3. The van der Waals surface area contributed by atoms with Crippen LogP contribution in [-0.2, 0) is 6.54 Å². The average molecular weight is 284 g/mol. The minimum atomic E-state index is 0.641. The molecule has 19 heavy (non-hydrogen) atoms. The Hall–Kier alpha value is -0.770. The molecule has 0 bridgehead atoms. The van der Waals surface area contributed by atoms with Gasteiger partial charge in [0.05, 0.1) is 0 Å². The smallest absolute Gasteiger partial charge is 0.0410 e. The minimum absolute atomic E-state index is 0.641. The molecule has 0 spiro atoms. The van der Waals surface area contributed by atoms with E-state index in [1.807, 2.05) is 18.2 Å². The summed E-state index contributed by atoms with van der Waals surface area (Å²) in [5.41, 5.74) is 7.97. The van der Waals surface area contributed by atoms with Crippen LogP contribution in [0, 0.1) is 5.92 Å². The van der Waals surface area contributed by atoms with Crippen molar-refractivity contribution in [1.29, 1.82) is 0 Å². The van der Waals surface area contributed by atoms with Crippen LogP contribution in [0.3, 0.4) is 0 Å². The van der Waals surface area contributed by atoms with E-state index in [-0.39, 0.29) is 0 Å². The largest absolute Gasteiger partial charge is 0.398 e. The summed E-state index contributed by atoms with van der Waals surface area (Å²) in [5, 5.41) is 0.751. The van der Waals surface area contributed by atoms with Crippen molar-refractivity contribution in [3.63, 3.8) is 0 Å². The molecule has 0 unspecified atom stereocenters. The highest BCUT2D eigenvalue weighted by Gasteiger charge is 2.11. The highest BCUT2D eigenvalue weighted by molar-refractivity contribution is 6.30. The molecule has 0 aliphatic heterocycles. The third kappa shape index (κ3) is 6.28. The van der Waals surface area contributed by atoms with E-state index in [4.69, 9.17) is 17.3 Å². The van der Waals surface area contributed by atoms with E-state index in [1.54, 1.807) is 0 Å². The Morgan fingerprint density at radius 1 is 1.21 bits per heavy atom. The minimum Gasteiger partial charge on any atom is -0.398 e. The van der Waals surface area contributed by atoms with Crippen molar-refractivity contribution in [2.45, 2.75) is 20.4 Å². The molecule has 1 aromatic rings. The number of benzene rings is 1. The molecule has 0 atom stereocenters. The molecule has 1 aromatic carbocycles. The summed E-state index contributed by atoms with van der Waals surface area (Å²) in [4.78, 5) is 4.64. The van der Waals surface area contributed by atoms with Gasteiger partial charge in [-0.25, -0.2) is 0 Å². The first-order chi connectivity index (χ1) is 8.88. The Kier molecular flexibility index (Phi) is 6.63. The van der Waals surface area contributed by atoms with Crippen LogP contribution in [0.4, 0.5) is 5.69 Å². The number of nitrogen functional groups attached to an aromatic ring is 1. The molecule has 1 rings (SSSR count). The first-order valence-corrected chi connectivity index (χ1v) is 7.17. The van der Waals surface area contributed by atoms with Gasteiger partial charge in [-0.1, -0.05) is 25.4 Å². The zero-order valence-electron chi connectivity index (χ0n) is 12.5. The number of halogens is 1. The van der Waals surface area contributed by atoms with Crippen molar-refractivity contribution >= 4 is 17.3 Å². The van der Waals surface area contributed by atoms with Gasteiger partial charge >= 0.3 is 0 Å². The van der Waals surface area contributed by atoms with E-state index >= 15 is 0 Å². The molecule has 0 heterocycles. The van der Waals surface area contributed by atoms with E-state index in [9.17, 15) is 0 Å². The third-order valence-electron chi connectivity index (χ3n) is 2.99. The van der Waals surface area contributed by atoms with E-state index in [0.29, 0.717) is 5.92 Å². The first-order valence-electron chi connectivity index (χ1n) is 6.79. The molecule has 0 fully saturated rings. The second kappa shape index (κ2) is 7.73. The van der Waals surface area contributed by atoms with Crippen molar-refractivity contribution in [3.05, 3.63) is 28.8 Å². The average Bonchev–Trinajstić information content (AvgIpc) is 2.30. The van der Waals surface area contributed by atoms with E-state index in [2.05, 4.69) is 37.7 Å². The molecule has 4 heteroatoms. The molecule has 2 N–H and O–H groups in total. The lowest BCUT2D eigenvalue weighted by atomic mass is 10.1. The first kappa shape index (κ1) is 16.3. The normalized spacial score (nSPS) is 11.8. The molecule has 0 aliphatic rings. The molecule has 0 amide bonds. The molecule has 0 saturated heterocycles. The monoisotopic (exact) mass is 283 g/mol. The van der Waals surface area contributed by atoms with E-state index in [0.717, 1.165) is 42.5 Å². The Morgan fingerprint density at radius 2 is 1.89 bits per heavy atom. The van der Waals surface area contributed by atoms with Crippen LogP contribution in [0.15, 0.2) is 18.2 Å². The lowest BCUT2D eigenvalue weighted by Gasteiger charge is -2.26. The van der Waals surface area contributed by atoms with Crippen LogP contribution in [0.1, 0.15) is 19.4 Å². The summed E-state index contributed by atoms with van der Waals surface area (Å²) in [6.45, 7) is 8.50. The van der Waals surface area contributed by atoms with Crippen molar-refractivity contribution < 1.29 is 0 Å². The summed E-state index contributed by atoms with van der Waals surface area (Å²) < 4.78 is 0. The highest BCUT2D eigenvalue weighted by Crippen LogP contribution is 2.20. The van der Waals surface area contributed by atoms with Crippen molar-refractivity contribution in [2.75, 3.05) is 39.5 Å². The van der Waals surface area contributed by atoms with Gasteiger partial charge in [0.2, 0.25) is 0 Å². The summed E-state index contributed by atoms with van der Waals surface area (Å²) in [5.74, 6) is 0.641. The maximum absolute atomic E-state index is 6.05. The molecular weight excluding hydrogens is 258 g/mol. The van der Waals surface area contributed by atoms with Gasteiger partial charge in [0, 0.05) is 36.9 Å². The van der Waals surface area contributed by atoms with Crippen LogP contribution in [-0.4, -0.2) is 43.5 Å². The lowest BCUT2D eigenvalue weighted by Crippen LogP contribution is -2.34. The molecule has 0 aromatic heterocycles. The number of anilines is 1. The number of hydrogen-bond donors (Lipinski definition) is 1. The maximum Gasteiger partial charge on any atom is 0.0410 e. The van der Waals surface area contributed by atoms with E-state index < -0.39 is 0 Å². The zero-order valence-corrected chi connectivity index (χ0v) is 13.2. The van der Waals surface area contributed by atoms with Gasteiger partial charge in [0.1, 0.15) is 0 Å². The van der Waals surface area contributed by atoms with Crippen molar-refractivity contribution in [2.24, 2.45) is 5.92 Å². The van der Waals surface area contributed by atoms with E-state index in [1.165, 1.54) is 0 Å². The van der Waals surface area contributed by atoms with Gasteiger partial charge in [-0.05, 0) is 43.8 Å². The van der Waals surface area contributed by atoms with Crippen LogP contribution in [0.2, 0.25) is 5.02 Å². The molecule has 3 nitrogen and oxygen atoms in total. The number of nitrogens with zero attached hydrogens (tertiary/aromatic N) is 2. The topological polar surface area (TPSA) is 32.5 Å². The van der Waals surface area contributed by atoms with Crippen LogP contribution in [0.25, 0.3) is 0 Å². The van der Waals surface area contributed by atoms with Gasteiger partial charge in [-0.15, -0.1) is 0 Å². The van der Waals surface area contributed by atoms with Gasteiger partial charge in [0.15, 0.2) is 0 Å². The van der Waals surface area contributed by atoms with Gasteiger partial charge in [0.25, 0.3) is 0 Å². The fourth-order valence-electron chi connectivity index (χ4n) is 2.04. The highest BCUT2D eigenvalue weighted by atomic mass is 35.5. The number of hydrogen-bond acceptors (Lipinski definition) is 3. The fourth-order valence-corrected chi connectivity index (χ4v) is 2.24. The third-order valence-corrected chi connectivity index (χ3v) is 3.22. The van der Waals surface area contributed by atoms with Crippen LogP contribution >= 0.6 is 11.6 Å². The molecule has 0 aliphatic carbocycles. The number of rotatable bonds is 7. The van der Waals surface area contributed by atoms with Crippen molar-refractivity contribution in [3.8, 4) is 0 Å². The lowest BCUT2D eigenvalue weighted by molar-refractivity contribution is 0.212. The Bertz CT molecular complexity index is 391. The SMILES string of the molecule is CC(C)CN(CCN(C)C)Cc1cc(Cl)ccc1N. The Morgan fingerprint density at radius 3 is 2.47 bits per heavy atom. The summed E-state index contributed by atoms with van der Waals surface area (Å²) >= 11 is 6.05. The van der Waals surface area contributed by atoms with Gasteiger partial charge < -0.3 is 10.6 Å². The maximum atomic E-state index is 6.05. The molecular formula is C15H26ClN3. The van der Waals surface area contributed by atoms with Crippen LogP contribution in [0.5, 0.6) is 0 Å². The second-order valence-electron chi connectivity index (χ2n) is 5.78. The van der Waals surface area contributed by atoms with Crippen LogP contribution < -0.4 is 5.73 Å².